The number of esters is 1. The maximum atomic E-state index is 12.9. The zero-order valence-corrected chi connectivity index (χ0v) is 16.9. The van der Waals surface area contributed by atoms with Crippen molar-refractivity contribution in [1.82, 2.24) is 0 Å². The summed E-state index contributed by atoms with van der Waals surface area (Å²) < 4.78 is 32.3. The third-order valence-electron chi connectivity index (χ3n) is 4.68. The van der Waals surface area contributed by atoms with Gasteiger partial charge in [-0.3, -0.25) is 9.10 Å². The van der Waals surface area contributed by atoms with Crippen LogP contribution in [0, 0.1) is 0 Å². The fourth-order valence-electron chi connectivity index (χ4n) is 3.02. The van der Waals surface area contributed by atoms with E-state index in [4.69, 9.17) is 16.3 Å². The molecule has 0 heterocycles. The standard InChI is InChI=1S/C20H20ClNO5S/c1-22(14-7-3-2-4-8-14)28(25,26)15-11-12-17(21)16(13-15)20(24)27-19-10-6-5-9-18(19)23/h2-4,7-8,11-13,19H,5-6,9-10H2,1H3. The van der Waals surface area contributed by atoms with Gasteiger partial charge in [-0.25, -0.2) is 13.2 Å². The molecule has 1 aliphatic carbocycles. The van der Waals surface area contributed by atoms with Crippen molar-refractivity contribution in [1.29, 1.82) is 0 Å². The molecule has 1 unspecified atom stereocenters. The molecule has 2 aromatic rings. The lowest BCUT2D eigenvalue weighted by molar-refractivity contribution is -0.129. The van der Waals surface area contributed by atoms with Crippen LogP contribution in [0.5, 0.6) is 0 Å². The summed E-state index contributed by atoms with van der Waals surface area (Å²) in [5.41, 5.74) is 0.400. The Hall–Kier alpha value is -2.38. The van der Waals surface area contributed by atoms with Crippen LogP contribution in [-0.2, 0) is 19.6 Å². The fraction of sp³-hybridized carbons (Fsp3) is 0.300. The molecule has 148 valence electrons. The highest BCUT2D eigenvalue weighted by molar-refractivity contribution is 7.92. The van der Waals surface area contributed by atoms with Crippen LogP contribution < -0.4 is 4.31 Å². The lowest BCUT2D eigenvalue weighted by atomic mass is 9.96. The molecule has 0 N–H and O–H groups in total. The average molecular weight is 422 g/mol. The van der Waals surface area contributed by atoms with E-state index in [0.29, 0.717) is 18.5 Å². The largest absolute Gasteiger partial charge is 0.451 e. The molecule has 0 radical (unpaired) electrons. The number of ketones is 1. The van der Waals surface area contributed by atoms with E-state index < -0.39 is 22.1 Å². The summed E-state index contributed by atoms with van der Waals surface area (Å²) in [4.78, 5) is 24.3. The van der Waals surface area contributed by atoms with Crippen molar-refractivity contribution >= 4 is 39.1 Å². The Morgan fingerprint density at radius 3 is 2.54 bits per heavy atom. The van der Waals surface area contributed by atoms with E-state index in [1.807, 2.05) is 0 Å². The van der Waals surface area contributed by atoms with Crippen molar-refractivity contribution in [3.05, 3.63) is 59.1 Å². The van der Waals surface area contributed by atoms with Gasteiger partial charge in [-0.2, -0.15) is 0 Å². The van der Waals surface area contributed by atoms with Crippen LogP contribution in [0.2, 0.25) is 5.02 Å². The van der Waals surface area contributed by atoms with Gasteiger partial charge in [-0.05, 0) is 49.6 Å². The fourth-order valence-corrected chi connectivity index (χ4v) is 4.44. The van der Waals surface area contributed by atoms with E-state index in [2.05, 4.69) is 0 Å². The smallest absolute Gasteiger partial charge is 0.340 e. The van der Waals surface area contributed by atoms with Gasteiger partial charge >= 0.3 is 5.97 Å². The number of carbonyl (C=O) groups is 2. The first-order valence-electron chi connectivity index (χ1n) is 8.88. The Kier molecular flexibility index (Phi) is 6.05. The maximum absolute atomic E-state index is 12.9. The second-order valence-corrected chi connectivity index (χ2v) is 8.93. The molecule has 0 amide bonds. The number of hydrogen-bond donors (Lipinski definition) is 0. The van der Waals surface area contributed by atoms with Gasteiger partial charge in [0.25, 0.3) is 10.0 Å². The molecule has 0 bridgehead atoms. The normalized spacial score (nSPS) is 17.2. The van der Waals surface area contributed by atoms with E-state index in [-0.39, 0.29) is 21.3 Å². The summed E-state index contributed by atoms with van der Waals surface area (Å²) in [6.07, 6.45) is 1.63. The van der Waals surface area contributed by atoms with E-state index in [0.717, 1.165) is 17.1 Å². The Labute approximate surface area is 169 Å². The minimum atomic E-state index is -3.91. The SMILES string of the molecule is CN(c1ccccc1)S(=O)(=O)c1ccc(Cl)c(C(=O)OC2CCCCC2=O)c1. The van der Waals surface area contributed by atoms with E-state index in [9.17, 15) is 18.0 Å². The van der Waals surface area contributed by atoms with Crippen molar-refractivity contribution in [2.75, 3.05) is 11.4 Å². The molecule has 0 saturated heterocycles. The number of anilines is 1. The Balaban J connectivity index is 1.88. The van der Waals surface area contributed by atoms with Gasteiger partial charge < -0.3 is 4.74 Å². The van der Waals surface area contributed by atoms with Crippen LogP contribution in [0.15, 0.2) is 53.4 Å². The number of sulfonamides is 1. The third-order valence-corrected chi connectivity index (χ3v) is 6.79. The second-order valence-electron chi connectivity index (χ2n) is 6.56. The lowest BCUT2D eigenvalue weighted by Gasteiger charge is -2.22. The first-order valence-corrected chi connectivity index (χ1v) is 10.7. The van der Waals surface area contributed by atoms with Crippen LogP contribution >= 0.6 is 11.6 Å². The van der Waals surface area contributed by atoms with Crippen LogP contribution in [-0.4, -0.2) is 33.3 Å². The minimum Gasteiger partial charge on any atom is -0.451 e. The number of para-hydroxylation sites is 1. The number of carbonyl (C=O) groups excluding carboxylic acids is 2. The second kappa shape index (κ2) is 8.32. The summed E-state index contributed by atoms with van der Waals surface area (Å²) in [6.45, 7) is 0. The molecular formula is C20H20ClNO5S. The van der Waals surface area contributed by atoms with Gasteiger partial charge in [-0.15, -0.1) is 0 Å². The highest BCUT2D eigenvalue weighted by atomic mass is 35.5. The molecule has 2 aromatic carbocycles. The van der Waals surface area contributed by atoms with Gasteiger partial charge in [-0.1, -0.05) is 29.8 Å². The molecule has 0 aliphatic heterocycles. The molecule has 3 rings (SSSR count). The highest BCUT2D eigenvalue weighted by Crippen LogP contribution is 2.27. The summed E-state index contributed by atoms with van der Waals surface area (Å²) >= 11 is 6.10. The number of benzene rings is 2. The predicted molar refractivity (Wildman–Crippen MR) is 106 cm³/mol. The van der Waals surface area contributed by atoms with Gasteiger partial charge in [0.05, 0.1) is 21.2 Å². The van der Waals surface area contributed by atoms with Gasteiger partial charge in [0.15, 0.2) is 11.9 Å². The first kappa shape index (κ1) is 20.4. The van der Waals surface area contributed by atoms with Crippen LogP contribution in [0.4, 0.5) is 5.69 Å². The van der Waals surface area contributed by atoms with Crippen molar-refractivity contribution < 1.29 is 22.7 Å². The molecule has 0 aromatic heterocycles. The molecule has 8 heteroatoms. The van der Waals surface area contributed by atoms with Crippen molar-refractivity contribution in [2.45, 2.75) is 36.7 Å². The van der Waals surface area contributed by atoms with Crippen LogP contribution in [0.25, 0.3) is 0 Å². The number of halogens is 1. The number of Topliss-reactive ketones (excluding diaryl/α,β-unsaturated/α-hetero) is 1. The maximum Gasteiger partial charge on any atom is 0.340 e. The number of ether oxygens (including phenoxy) is 1. The zero-order valence-electron chi connectivity index (χ0n) is 15.3. The van der Waals surface area contributed by atoms with E-state index >= 15 is 0 Å². The molecule has 1 fully saturated rings. The topological polar surface area (TPSA) is 80.8 Å². The summed E-state index contributed by atoms with van der Waals surface area (Å²) in [7, 11) is -2.48. The Bertz CT molecular complexity index is 991. The molecule has 1 saturated carbocycles. The summed E-state index contributed by atoms with van der Waals surface area (Å²) in [5, 5.41) is 0.0644. The predicted octanol–water partition coefficient (Wildman–Crippen LogP) is 3.83. The Morgan fingerprint density at radius 1 is 1.14 bits per heavy atom. The van der Waals surface area contributed by atoms with Gasteiger partial charge in [0.1, 0.15) is 0 Å². The van der Waals surface area contributed by atoms with E-state index in [1.165, 1.54) is 25.2 Å². The van der Waals surface area contributed by atoms with Crippen molar-refractivity contribution in [3.8, 4) is 0 Å². The number of rotatable bonds is 5. The highest BCUT2D eigenvalue weighted by Gasteiger charge is 2.28. The minimum absolute atomic E-state index is 0.0644. The molecule has 6 nitrogen and oxygen atoms in total. The van der Waals surface area contributed by atoms with Crippen molar-refractivity contribution in [3.63, 3.8) is 0 Å². The summed E-state index contributed by atoms with van der Waals surface area (Å²) in [6, 6.07) is 12.4. The molecule has 1 aliphatic rings. The van der Waals surface area contributed by atoms with Gasteiger partial charge in [0.2, 0.25) is 0 Å². The molecule has 28 heavy (non-hydrogen) atoms. The van der Waals surface area contributed by atoms with E-state index in [1.54, 1.807) is 30.3 Å². The monoisotopic (exact) mass is 421 g/mol. The number of hydrogen-bond acceptors (Lipinski definition) is 5. The molecular weight excluding hydrogens is 402 g/mol. The lowest BCUT2D eigenvalue weighted by Crippen LogP contribution is -2.30. The summed E-state index contributed by atoms with van der Waals surface area (Å²) in [5.74, 6) is -0.923. The zero-order chi connectivity index (χ0) is 20.3. The van der Waals surface area contributed by atoms with Crippen molar-refractivity contribution in [2.24, 2.45) is 0 Å². The number of nitrogens with zero attached hydrogens (tertiary/aromatic N) is 1. The van der Waals surface area contributed by atoms with Crippen LogP contribution in [0.1, 0.15) is 36.0 Å². The average Bonchev–Trinajstić information content (AvgIpc) is 2.70. The Morgan fingerprint density at radius 2 is 1.86 bits per heavy atom. The van der Waals surface area contributed by atoms with Gasteiger partial charge in [0, 0.05) is 13.5 Å². The molecule has 1 atom stereocenters. The van der Waals surface area contributed by atoms with Crippen LogP contribution in [0.3, 0.4) is 0 Å². The third kappa shape index (κ3) is 4.20. The first-order chi connectivity index (χ1) is 13.3. The molecule has 0 spiro atoms. The quantitative estimate of drug-likeness (QED) is 0.685.